The number of halogens is 4. The van der Waals surface area contributed by atoms with Crippen molar-refractivity contribution in [2.75, 3.05) is 0 Å². The standard InChI is InChI=1S/C14H11F4NO/c1-8-2-4-10(15)6-11(8)13(20)12-5-3-9(7-19-12)14(16,17)18/h2-7,13,20H,1H3. The topological polar surface area (TPSA) is 33.1 Å². The minimum Gasteiger partial charge on any atom is -0.382 e. The summed E-state index contributed by atoms with van der Waals surface area (Å²) in [5, 5.41) is 10.1. The van der Waals surface area contributed by atoms with Gasteiger partial charge < -0.3 is 5.11 Å². The molecule has 0 bridgehead atoms. The SMILES string of the molecule is Cc1ccc(F)cc1C(O)c1ccc(C(F)(F)F)cn1. The van der Waals surface area contributed by atoms with E-state index in [1.54, 1.807) is 6.92 Å². The summed E-state index contributed by atoms with van der Waals surface area (Å²) in [6.45, 7) is 1.67. The molecule has 106 valence electrons. The Labute approximate surface area is 112 Å². The Hall–Kier alpha value is -1.95. The number of benzene rings is 1. The first kappa shape index (κ1) is 14.5. The average Bonchev–Trinajstić information content (AvgIpc) is 2.40. The first-order valence-electron chi connectivity index (χ1n) is 5.76. The number of aliphatic hydroxyl groups is 1. The predicted octanol–water partition coefficient (Wildman–Crippen LogP) is 3.63. The lowest BCUT2D eigenvalue weighted by molar-refractivity contribution is -0.137. The minimum atomic E-state index is -4.48. The highest BCUT2D eigenvalue weighted by Gasteiger charge is 2.31. The van der Waals surface area contributed by atoms with Crippen LogP contribution in [0.2, 0.25) is 0 Å². The second-order valence-corrected chi connectivity index (χ2v) is 4.37. The number of nitrogens with zero attached hydrogens (tertiary/aromatic N) is 1. The molecule has 0 aliphatic carbocycles. The summed E-state index contributed by atoms with van der Waals surface area (Å²) in [5.41, 5.74) is 0.0361. The number of alkyl halides is 3. The molecule has 2 nitrogen and oxygen atoms in total. The van der Waals surface area contributed by atoms with Gasteiger partial charge in [-0.25, -0.2) is 4.39 Å². The predicted molar refractivity (Wildman–Crippen MR) is 64.4 cm³/mol. The number of hydrogen-bond acceptors (Lipinski definition) is 2. The molecule has 1 N–H and O–H groups in total. The molecule has 1 aromatic carbocycles. The number of pyridine rings is 1. The fraction of sp³-hybridized carbons (Fsp3) is 0.214. The number of rotatable bonds is 2. The van der Waals surface area contributed by atoms with Gasteiger partial charge in [0.2, 0.25) is 0 Å². The summed E-state index contributed by atoms with van der Waals surface area (Å²) in [5.74, 6) is -0.531. The summed E-state index contributed by atoms with van der Waals surface area (Å²) in [6, 6.07) is 5.78. The van der Waals surface area contributed by atoms with Gasteiger partial charge >= 0.3 is 6.18 Å². The molecule has 1 unspecified atom stereocenters. The van der Waals surface area contributed by atoms with Crippen LogP contribution in [0.15, 0.2) is 36.5 Å². The fourth-order valence-corrected chi connectivity index (χ4v) is 1.80. The molecule has 1 aromatic heterocycles. The van der Waals surface area contributed by atoms with Gasteiger partial charge in [0.25, 0.3) is 0 Å². The van der Waals surface area contributed by atoms with E-state index < -0.39 is 23.7 Å². The highest BCUT2D eigenvalue weighted by Crippen LogP contribution is 2.30. The van der Waals surface area contributed by atoms with E-state index in [9.17, 15) is 22.7 Å². The number of aromatic nitrogens is 1. The first-order chi connectivity index (χ1) is 9.29. The van der Waals surface area contributed by atoms with Crippen LogP contribution >= 0.6 is 0 Å². The Morgan fingerprint density at radius 3 is 2.40 bits per heavy atom. The molecule has 1 atom stereocenters. The maximum atomic E-state index is 13.2. The molecule has 20 heavy (non-hydrogen) atoms. The molecule has 0 aliphatic heterocycles. The Morgan fingerprint density at radius 2 is 1.85 bits per heavy atom. The quantitative estimate of drug-likeness (QED) is 0.855. The second kappa shape index (κ2) is 5.20. The number of aliphatic hydroxyl groups excluding tert-OH is 1. The van der Waals surface area contributed by atoms with Crippen molar-refractivity contribution in [1.29, 1.82) is 0 Å². The van der Waals surface area contributed by atoms with Gasteiger partial charge in [-0.2, -0.15) is 13.2 Å². The monoisotopic (exact) mass is 285 g/mol. The van der Waals surface area contributed by atoms with Crippen LogP contribution in [0, 0.1) is 12.7 Å². The zero-order chi connectivity index (χ0) is 14.9. The minimum absolute atomic E-state index is 0.0340. The van der Waals surface area contributed by atoms with E-state index in [2.05, 4.69) is 4.98 Å². The van der Waals surface area contributed by atoms with Gasteiger partial charge in [0, 0.05) is 6.20 Å². The van der Waals surface area contributed by atoms with Crippen molar-refractivity contribution in [3.8, 4) is 0 Å². The van der Waals surface area contributed by atoms with E-state index in [1.807, 2.05) is 0 Å². The molecule has 2 aromatic rings. The molecule has 0 radical (unpaired) electrons. The lowest BCUT2D eigenvalue weighted by atomic mass is 10.0. The van der Waals surface area contributed by atoms with Crippen LogP contribution in [-0.2, 0) is 6.18 Å². The molecule has 0 saturated carbocycles. The van der Waals surface area contributed by atoms with Crippen molar-refractivity contribution < 1.29 is 22.7 Å². The molecule has 0 amide bonds. The van der Waals surface area contributed by atoms with E-state index in [1.165, 1.54) is 12.1 Å². The van der Waals surface area contributed by atoms with Gasteiger partial charge in [0.15, 0.2) is 0 Å². The van der Waals surface area contributed by atoms with Gasteiger partial charge in [-0.3, -0.25) is 4.98 Å². The lowest BCUT2D eigenvalue weighted by Gasteiger charge is -2.14. The van der Waals surface area contributed by atoms with E-state index in [0.29, 0.717) is 11.8 Å². The first-order valence-corrected chi connectivity index (χ1v) is 5.76. The molecule has 2 rings (SSSR count). The Kier molecular flexibility index (Phi) is 3.76. The van der Waals surface area contributed by atoms with Crippen molar-refractivity contribution in [2.45, 2.75) is 19.2 Å². The smallest absolute Gasteiger partial charge is 0.382 e. The van der Waals surface area contributed by atoms with E-state index in [4.69, 9.17) is 0 Å². The van der Waals surface area contributed by atoms with Crippen molar-refractivity contribution in [3.05, 3.63) is 64.7 Å². The van der Waals surface area contributed by atoms with Gasteiger partial charge in [-0.1, -0.05) is 6.07 Å². The van der Waals surface area contributed by atoms with Crippen LogP contribution in [0.1, 0.15) is 28.5 Å². The van der Waals surface area contributed by atoms with E-state index in [-0.39, 0.29) is 11.3 Å². The van der Waals surface area contributed by atoms with Crippen LogP contribution in [-0.4, -0.2) is 10.1 Å². The van der Waals surface area contributed by atoms with Crippen LogP contribution in [0.5, 0.6) is 0 Å². The van der Waals surface area contributed by atoms with Crippen molar-refractivity contribution in [1.82, 2.24) is 4.98 Å². The number of aryl methyl sites for hydroxylation is 1. The van der Waals surface area contributed by atoms with Crippen molar-refractivity contribution >= 4 is 0 Å². The number of hydrogen-bond donors (Lipinski definition) is 1. The summed E-state index contributed by atoms with van der Waals surface area (Å²) in [6.07, 6.45) is -5.11. The molecule has 0 spiro atoms. The van der Waals surface area contributed by atoms with Crippen LogP contribution in [0.3, 0.4) is 0 Å². The third-order valence-electron chi connectivity index (χ3n) is 2.93. The Bertz CT molecular complexity index is 608. The molecule has 6 heteroatoms. The highest BCUT2D eigenvalue weighted by atomic mass is 19.4. The third kappa shape index (κ3) is 2.96. The Morgan fingerprint density at radius 1 is 1.15 bits per heavy atom. The Balaban J connectivity index is 2.34. The maximum Gasteiger partial charge on any atom is 0.417 e. The van der Waals surface area contributed by atoms with Gasteiger partial charge in [0.05, 0.1) is 11.3 Å². The van der Waals surface area contributed by atoms with Gasteiger partial charge in [-0.05, 0) is 42.3 Å². The van der Waals surface area contributed by atoms with Crippen LogP contribution in [0.4, 0.5) is 17.6 Å². The normalized spacial score (nSPS) is 13.3. The summed E-state index contributed by atoms with van der Waals surface area (Å²) < 4.78 is 50.4. The summed E-state index contributed by atoms with van der Waals surface area (Å²) in [4.78, 5) is 3.60. The zero-order valence-corrected chi connectivity index (χ0v) is 10.4. The average molecular weight is 285 g/mol. The summed E-state index contributed by atoms with van der Waals surface area (Å²) >= 11 is 0. The van der Waals surface area contributed by atoms with Gasteiger partial charge in [0.1, 0.15) is 11.9 Å². The van der Waals surface area contributed by atoms with E-state index >= 15 is 0 Å². The fourth-order valence-electron chi connectivity index (χ4n) is 1.80. The van der Waals surface area contributed by atoms with Crippen molar-refractivity contribution in [3.63, 3.8) is 0 Å². The summed E-state index contributed by atoms with van der Waals surface area (Å²) in [7, 11) is 0. The van der Waals surface area contributed by atoms with Gasteiger partial charge in [-0.15, -0.1) is 0 Å². The van der Waals surface area contributed by atoms with Crippen LogP contribution in [0.25, 0.3) is 0 Å². The van der Waals surface area contributed by atoms with E-state index in [0.717, 1.165) is 18.2 Å². The molecular weight excluding hydrogens is 274 g/mol. The lowest BCUT2D eigenvalue weighted by Crippen LogP contribution is -2.09. The van der Waals surface area contributed by atoms with Crippen molar-refractivity contribution in [2.24, 2.45) is 0 Å². The molecular formula is C14H11F4NO. The molecule has 0 saturated heterocycles. The van der Waals surface area contributed by atoms with Crippen LogP contribution < -0.4 is 0 Å². The highest BCUT2D eigenvalue weighted by molar-refractivity contribution is 5.33. The maximum absolute atomic E-state index is 13.2. The third-order valence-corrected chi connectivity index (χ3v) is 2.93. The molecule has 0 fully saturated rings. The second-order valence-electron chi connectivity index (χ2n) is 4.37. The molecule has 1 heterocycles. The zero-order valence-electron chi connectivity index (χ0n) is 10.4. The molecule has 0 aliphatic rings. The largest absolute Gasteiger partial charge is 0.417 e.